The van der Waals surface area contributed by atoms with Gasteiger partial charge in [-0.1, -0.05) is 18.2 Å². The summed E-state index contributed by atoms with van der Waals surface area (Å²) in [5, 5.41) is 9.98. The predicted molar refractivity (Wildman–Crippen MR) is 94.4 cm³/mol. The number of hydrogen-bond donors (Lipinski definition) is 1. The number of phenols is 1. The van der Waals surface area contributed by atoms with Crippen molar-refractivity contribution in [2.75, 3.05) is 39.0 Å². The summed E-state index contributed by atoms with van der Waals surface area (Å²) >= 11 is 0. The molecule has 2 fully saturated rings. The van der Waals surface area contributed by atoms with Crippen LogP contribution in [-0.4, -0.2) is 78.2 Å². The molecule has 24 heavy (non-hydrogen) atoms. The number of fused-ring (bicyclic) bond motifs is 1. The molecule has 0 bridgehead atoms. The number of nitrogens with zero attached hydrogens (tertiary/aromatic N) is 3. The Bertz CT molecular complexity index is 705. The molecule has 3 rings (SSSR count). The Labute approximate surface area is 144 Å². The van der Waals surface area contributed by atoms with Crippen LogP contribution in [0.15, 0.2) is 24.3 Å². The largest absolute Gasteiger partial charge is 0.508 e. The zero-order valence-corrected chi connectivity index (χ0v) is 15.5. The van der Waals surface area contributed by atoms with Crippen LogP contribution in [0.3, 0.4) is 0 Å². The molecule has 2 aliphatic heterocycles. The Kier molecular flexibility index (Phi) is 4.63. The van der Waals surface area contributed by atoms with Crippen molar-refractivity contribution in [2.45, 2.75) is 32.0 Å². The number of phenolic OH excluding ortho intramolecular Hbond substituents is 1. The second-order valence-corrected chi connectivity index (χ2v) is 9.56. The topological polar surface area (TPSA) is 64.1 Å². The SMILES string of the molecule is CC1(C)CN(S(C)(=O)=O)C[C@@H]2CN(Cc3ccccc3O)CCN21. The number of aromatic hydroxyl groups is 1. The van der Waals surface area contributed by atoms with Gasteiger partial charge < -0.3 is 5.11 Å². The third-order valence-electron chi connectivity index (χ3n) is 5.18. The zero-order valence-electron chi connectivity index (χ0n) is 14.6. The van der Waals surface area contributed by atoms with E-state index in [4.69, 9.17) is 0 Å². The Morgan fingerprint density at radius 1 is 1.21 bits per heavy atom. The van der Waals surface area contributed by atoms with Gasteiger partial charge in [0.1, 0.15) is 5.75 Å². The van der Waals surface area contributed by atoms with Gasteiger partial charge in [0.2, 0.25) is 10.0 Å². The van der Waals surface area contributed by atoms with Crippen LogP contribution in [0.1, 0.15) is 19.4 Å². The van der Waals surface area contributed by atoms with E-state index in [1.165, 1.54) is 6.26 Å². The number of piperazine rings is 2. The summed E-state index contributed by atoms with van der Waals surface area (Å²) < 4.78 is 25.7. The maximum absolute atomic E-state index is 12.0. The van der Waals surface area contributed by atoms with Gasteiger partial charge in [0, 0.05) is 56.4 Å². The van der Waals surface area contributed by atoms with Gasteiger partial charge in [0.25, 0.3) is 0 Å². The van der Waals surface area contributed by atoms with E-state index in [1.807, 2.05) is 18.2 Å². The molecule has 2 saturated heterocycles. The van der Waals surface area contributed by atoms with Gasteiger partial charge >= 0.3 is 0 Å². The smallest absolute Gasteiger partial charge is 0.211 e. The molecule has 1 aromatic carbocycles. The van der Waals surface area contributed by atoms with Crippen molar-refractivity contribution in [3.05, 3.63) is 29.8 Å². The molecular formula is C17H27N3O3S. The van der Waals surface area contributed by atoms with E-state index in [1.54, 1.807) is 10.4 Å². The first-order valence-electron chi connectivity index (χ1n) is 8.38. The summed E-state index contributed by atoms with van der Waals surface area (Å²) in [7, 11) is -3.18. The summed E-state index contributed by atoms with van der Waals surface area (Å²) in [4.78, 5) is 4.74. The van der Waals surface area contributed by atoms with Crippen LogP contribution in [0.25, 0.3) is 0 Å². The quantitative estimate of drug-likeness (QED) is 0.876. The molecule has 0 amide bonds. The minimum atomic E-state index is -3.18. The molecule has 2 heterocycles. The fraction of sp³-hybridized carbons (Fsp3) is 0.647. The lowest BCUT2D eigenvalue weighted by Crippen LogP contribution is -2.70. The minimum Gasteiger partial charge on any atom is -0.508 e. The maximum atomic E-state index is 12.0. The number of rotatable bonds is 3. The molecule has 0 aromatic heterocycles. The first-order valence-corrected chi connectivity index (χ1v) is 10.2. The van der Waals surface area contributed by atoms with Crippen molar-refractivity contribution in [3.63, 3.8) is 0 Å². The Morgan fingerprint density at radius 2 is 1.92 bits per heavy atom. The third kappa shape index (κ3) is 3.59. The van der Waals surface area contributed by atoms with Crippen molar-refractivity contribution < 1.29 is 13.5 Å². The first-order chi connectivity index (χ1) is 11.2. The summed E-state index contributed by atoms with van der Waals surface area (Å²) in [5.41, 5.74) is 0.758. The van der Waals surface area contributed by atoms with Crippen molar-refractivity contribution in [1.29, 1.82) is 0 Å². The molecule has 0 spiro atoms. The Balaban J connectivity index is 1.74. The summed E-state index contributed by atoms with van der Waals surface area (Å²) in [6.45, 7) is 8.67. The molecule has 2 aliphatic rings. The monoisotopic (exact) mass is 353 g/mol. The summed E-state index contributed by atoms with van der Waals surface area (Å²) in [6, 6.07) is 7.59. The standard InChI is InChI=1S/C17H27N3O3S/c1-17(2)13-19(24(3,22)23)12-15-11-18(8-9-20(15)17)10-14-6-4-5-7-16(14)21/h4-7,15,21H,8-13H2,1-3H3/t15-/m0/s1. The lowest BCUT2D eigenvalue weighted by Gasteiger charge is -2.55. The third-order valence-corrected chi connectivity index (χ3v) is 6.39. The second-order valence-electron chi connectivity index (χ2n) is 7.58. The zero-order chi connectivity index (χ0) is 17.5. The number of sulfonamides is 1. The molecule has 0 unspecified atom stereocenters. The van der Waals surface area contributed by atoms with E-state index in [2.05, 4.69) is 23.6 Å². The molecule has 134 valence electrons. The highest BCUT2D eigenvalue weighted by Crippen LogP contribution is 2.30. The van der Waals surface area contributed by atoms with E-state index in [0.717, 1.165) is 25.2 Å². The molecule has 0 saturated carbocycles. The fourth-order valence-corrected chi connectivity index (χ4v) is 4.97. The number of benzene rings is 1. The molecule has 0 radical (unpaired) electrons. The average molecular weight is 353 g/mol. The van der Waals surface area contributed by atoms with Crippen LogP contribution in [0.4, 0.5) is 0 Å². The van der Waals surface area contributed by atoms with E-state index in [0.29, 0.717) is 25.4 Å². The van der Waals surface area contributed by atoms with Crippen molar-refractivity contribution in [2.24, 2.45) is 0 Å². The molecule has 1 aromatic rings. The van der Waals surface area contributed by atoms with Crippen LogP contribution < -0.4 is 0 Å². The average Bonchev–Trinajstić information content (AvgIpc) is 2.47. The van der Waals surface area contributed by atoms with Gasteiger partial charge in [-0.05, 0) is 19.9 Å². The van der Waals surface area contributed by atoms with Crippen LogP contribution in [0.2, 0.25) is 0 Å². The van der Waals surface area contributed by atoms with E-state index < -0.39 is 10.0 Å². The normalized spacial score (nSPS) is 26.2. The van der Waals surface area contributed by atoms with Crippen molar-refractivity contribution in [3.8, 4) is 5.75 Å². The Morgan fingerprint density at radius 3 is 2.58 bits per heavy atom. The van der Waals surface area contributed by atoms with Gasteiger partial charge in [0.15, 0.2) is 0 Å². The van der Waals surface area contributed by atoms with Crippen LogP contribution in [0, 0.1) is 0 Å². The lowest BCUT2D eigenvalue weighted by molar-refractivity contribution is -0.0449. The second kappa shape index (κ2) is 6.29. The van der Waals surface area contributed by atoms with Crippen molar-refractivity contribution in [1.82, 2.24) is 14.1 Å². The van der Waals surface area contributed by atoms with Crippen molar-refractivity contribution >= 4 is 10.0 Å². The van der Waals surface area contributed by atoms with Gasteiger partial charge in [0.05, 0.1) is 6.26 Å². The van der Waals surface area contributed by atoms with Gasteiger partial charge in [-0.3, -0.25) is 9.80 Å². The number of para-hydroxylation sites is 1. The van der Waals surface area contributed by atoms with Crippen LogP contribution >= 0.6 is 0 Å². The van der Waals surface area contributed by atoms with Gasteiger partial charge in [-0.15, -0.1) is 0 Å². The highest BCUT2D eigenvalue weighted by molar-refractivity contribution is 7.88. The highest BCUT2D eigenvalue weighted by atomic mass is 32.2. The van der Waals surface area contributed by atoms with E-state index >= 15 is 0 Å². The minimum absolute atomic E-state index is 0.160. The fourth-order valence-electron chi connectivity index (χ4n) is 3.98. The molecule has 1 N–H and O–H groups in total. The molecule has 6 nitrogen and oxygen atoms in total. The van der Waals surface area contributed by atoms with E-state index in [-0.39, 0.29) is 11.6 Å². The summed E-state index contributed by atoms with van der Waals surface area (Å²) in [6.07, 6.45) is 1.29. The molecule has 7 heteroatoms. The number of hydrogen-bond acceptors (Lipinski definition) is 5. The van der Waals surface area contributed by atoms with Gasteiger partial charge in [-0.2, -0.15) is 4.31 Å². The molecule has 0 aliphatic carbocycles. The highest BCUT2D eigenvalue weighted by Gasteiger charge is 2.44. The first kappa shape index (κ1) is 17.7. The maximum Gasteiger partial charge on any atom is 0.211 e. The van der Waals surface area contributed by atoms with E-state index in [9.17, 15) is 13.5 Å². The van der Waals surface area contributed by atoms with Crippen LogP contribution in [0.5, 0.6) is 5.75 Å². The lowest BCUT2D eigenvalue weighted by atomic mass is 9.94. The van der Waals surface area contributed by atoms with Gasteiger partial charge in [-0.25, -0.2) is 8.42 Å². The molecular weight excluding hydrogens is 326 g/mol. The molecule has 1 atom stereocenters. The summed E-state index contributed by atoms with van der Waals surface area (Å²) in [5.74, 6) is 0.321. The predicted octanol–water partition coefficient (Wildman–Crippen LogP) is 0.932. The Hall–Kier alpha value is -1.15. The van der Waals surface area contributed by atoms with Crippen LogP contribution in [-0.2, 0) is 16.6 Å².